The van der Waals surface area contributed by atoms with Gasteiger partial charge in [-0.2, -0.15) is 0 Å². The number of rotatable bonds is 4. The summed E-state index contributed by atoms with van der Waals surface area (Å²) < 4.78 is 1.92. The molecule has 0 radical (unpaired) electrons. The van der Waals surface area contributed by atoms with E-state index >= 15 is 0 Å². The van der Waals surface area contributed by atoms with Crippen LogP contribution >= 0.6 is 0 Å². The highest BCUT2D eigenvalue weighted by Gasteiger charge is 2.12. The van der Waals surface area contributed by atoms with Crippen molar-refractivity contribution in [2.24, 2.45) is 0 Å². The molecule has 3 aromatic heterocycles. The summed E-state index contributed by atoms with van der Waals surface area (Å²) >= 11 is 0. The second-order valence-corrected chi connectivity index (χ2v) is 6.28. The summed E-state index contributed by atoms with van der Waals surface area (Å²) in [5.74, 6) is 1.07. The Morgan fingerprint density at radius 2 is 2.07 bits per heavy atom. The Labute approximate surface area is 154 Å². The second kappa shape index (κ2) is 6.87. The van der Waals surface area contributed by atoms with Gasteiger partial charge in [0.15, 0.2) is 5.82 Å². The molecule has 2 amide bonds. The third-order valence-electron chi connectivity index (χ3n) is 4.03. The largest absolute Gasteiger partial charge is 0.345 e. The monoisotopic (exact) mass is 362 g/mol. The van der Waals surface area contributed by atoms with Crippen molar-refractivity contribution >= 4 is 28.6 Å². The molecule has 0 unspecified atom stereocenters. The fraction of sp³-hybridized carbons (Fsp3) is 0.167. The lowest BCUT2D eigenvalue weighted by Crippen LogP contribution is -2.20. The Bertz CT molecular complexity index is 1100. The zero-order chi connectivity index (χ0) is 18.8. The van der Waals surface area contributed by atoms with Crippen LogP contribution in [0.5, 0.6) is 0 Å². The van der Waals surface area contributed by atoms with Gasteiger partial charge in [0.25, 0.3) is 0 Å². The molecule has 0 atom stereocenters. The molecule has 136 valence electrons. The van der Waals surface area contributed by atoms with E-state index in [2.05, 4.69) is 35.8 Å². The summed E-state index contributed by atoms with van der Waals surface area (Å²) in [6.07, 6.45) is 3.28. The minimum atomic E-state index is -0.385. The molecular formula is C18H18N8O. The van der Waals surface area contributed by atoms with Crippen LogP contribution in [0.25, 0.3) is 22.6 Å². The van der Waals surface area contributed by atoms with Gasteiger partial charge < -0.3 is 14.9 Å². The van der Waals surface area contributed by atoms with E-state index in [1.807, 2.05) is 42.7 Å². The van der Waals surface area contributed by atoms with Crippen molar-refractivity contribution in [3.8, 4) is 11.5 Å². The van der Waals surface area contributed by atoms with Crippen LogP contribution < -0.4 is 10.6 Å². The number of hydrogen-bond acceptors (Lipinski definition) is 5. The first-order valence-corrected chi connectivity index (χ1v) is 8.48. The van der Waals surface area contributed by atoms with Crippen molar-refractivity contribution in [1.29, 1.82) is 0 Å². The molecule has 1 aromatic carbocycles. The lowest BCUT2D eigenvalue weighted by Gasteiger charge is -2.11. The highest BCUT2D eigenvalue weighted by atomic mass is 16.2. The number of aromatic nitrogens is 6. The van der Waals surface area contributed by atoms with Crippen LogP contribution in [-0.4, -0.2) is 35.7 Å². The molecule has 0 fully saturated rings. The van der Waals surface area contributed by atoms with Gasteiger partial charge in [0.1, 0.15) is 17.8 Å². The van der Waals surface area contributed by atoms with E-state index in [1.54, 1.807) is 24.8 Å². The van der Waals surface area contributed by atoms with Crippen LogP contribution in [0.1, 0.15) is 19.9 Å². The maximum Gasteiger partial charge on any atom is 0.324 e. The SMILES string of the molecule is CC(C)n1cnnc1-c1cccc(NC(=O)Nc2ccc3nc[nH]c3c2)n1. The number of pyridine rings is 1. The van der Waals surface area contributed by atoms with Gasteiger partial charge >= 0.3 is 6.03 Å². The number of amides is 2. The number of anilines is 2. The van der Waals surface area contributed by atoms with Gasteiger partial charge in [0.05, 0.1) is 17.4 Å². The van der Waals surface area contributed by atoms with Crippen molar-refractivity contribution in [2.45, 2.75) is 19.9 Å². The van der Waals surface area contributed by atoms with Crippen molar-refractivity contribution < 1.29 is 4.79 Å². The number of urea groups is 1. The molecule has 3 N–H and O–H groups in total. The Morgan fingerprint density at radius 3 is 2.93 bits per heavy atom. The summed E-state index contributed by atoms with van der Waals surface area (Å²) in [4.78, 5) is 23.9. The lowest BCUT2D eigenvalue weighted by atomic mass is 10.3. The Morgan fingerprint density at radius 1 is 1.19 bits per heavy atom. The van der Waals surface area contributed by atoms with Gasteiger partial charge in [-0.1, -0.05) is 6.07 Å². The number of H-pyrrole nitrogens is 1. The number of hydrogen-bond donors (Lipinski definition) is 3. The minimum Gasteiger partial charge on any atom is -0.345 e. The molecule has 0 aliphatic carbocycles. The van der Waals surface area contributed by atoms with E-state index in [1.165, 1.54) is 0 Å². The van der Waals surface area contributed by atoms with Crippen LogP contribution in [0.2, 0.25) is 0 Å². The predicted molar refractivity (Wildman–Crippen MR) is 102 cm³/mol. The number of fused-ring (bicyclic) bond motifs is 1. The Balaban J connectivity index is 1.50. The van der Waals surface area contributed by atoms with Crippen LogP contribution in [0.15, 0.2) is 49.1 Å². The molecule has 9 nitrogen and oxygen atoms in total. The average Bonchev–Trinajstić information content (AvgIpc) is 3.30. The standard InChI is InChI=1S/C18H18N8O/c1-11(2)26-10-21-25-17(26)14-4-3-5-16(23-14)24-18(27)22-12-6-7-13-15(8-12)20-9-19-13/h3-11H,1-2H3,(H,19,20)(H2,22,23,24,27). The first-order valence-electron chi connectivity index (χ1n) is 8.48. The first-order chi connectivity index (χ1) is 13.1. The van der Waals surface area contributed by atoms with Crippen molar-refractivity contribution in [3.63, 3.8) is 0 Å². The van der Waals surface area contributed by atoms with E-state index in [9.17, 15) is 4.79 Å². The molecule has 0 saturated heterocycles. The molecule has 0 aliphatic rings. The highest BCUT2D eigenvalue weighted by Crippen LogP contribution is 2.20. The quantitative estimate of drug-likeness (QED) is 0.515. The number of imidazole rings is 1. The smallest absolute Gasteiger partial charge is 0.324 e. The Kier molecular flexibility index (Phi) is 4.25. The van der Waals surface area contributed by atoms with Crippen molar-refractivity contribution in [3.05, 3.63) is 49.1 Å². The number of nitrogens with zero attached hydrogens (tertiary/aromatic N) is 5. The number of benzene rings is 1. The third kappa shape index (κ3) is 3.47. The van der Waals surface area contributed by atoms with Gasteiger partial charge in [0.2, 0.25) is 0 Å². The fourth-order valence-corrected chi connectivity index (χ4v) is 2.72. The van der Waals surface area contributed by atoms with Gasteiger partial charge in [-0.25, -0.2) is 14.8 Å². The predicted octanol–water partition coefficient (Wildman–Crippen LogP) is 3.44. The molecular weight excluding hydrogens is 344 g/mol. The highest BCUT2D eigenvalue weighted by molar-refractivity contribution is 6.00. The Hall–Kier alpha value is -3.75. The van der Waals surface area contributed by atoms with Crippen LogP contribution in [0.4, 0.5) is 16.3 Å². The van der Waals surface area contributed by atoms with E-state index in [0.717, 1.165) is 11.0 Å². The van der Waals surface area contributed by atoms with Gasteiger partial charge in [0, 0.05) is 11.7 Å². The van der Waals surface area contributed by atoms with E-state index in [4.69, 9.17) is 0 Å². The molecule has 4 rings (SSSR count). The summed E-state index contributed by atoms with van der Waals surface area (Å²) in [5, 5.41) is 13.6. The van der Waals surface area contributed by atoms with E-state index < -0.39 is 0 Å². The van der Waals surface area contributed by atoms with Gasteiger partial charge in [-0.15, -0.1) is 10.2 Å². The van der Waals surface area contributed by atoms with Crippen LogP contribution in [-0.2, 0) is 0 Å². The minimum absolute atomic E-state index is 0.203. The number of carbonyl (C=O) groups is 1. The topological polar surface area (TPSA) is 113 Å². The van der Waals surface area contributed by atoms with Crippen molar-refractivity contribution in [2.75, 3.05) is 10.6 Å². The maximum absolute atomic E-state index is 12.3. The number of carbonyl (C=O) groups excluding carboxylic acids is 1. The van der Waals surface area contributed by atoms with Crippen LogP contribution in [0.3, 0.4) is 0 Å². The van der Waals surface area contributed by atoms with Gasteiger partial charge in [-0.05, 0) is 44.2 Å². The number of nitrogens with one attached hydrogen (secondary N) is 3. The van der Waals surface area contributed by atoms with E-state index in [0.29, 0.717) is 23.0 Å². The molecule has 27 heavy (non-hydrogen) atoms. The third-order valence-corrected chi connectivity index (χ3v) is 4.03. The summed E-state index contributed by atoms with van der Waals surface area (Å²) in [6.45, 7) is 4.08. The van der Waals surface area contributed by atoms with Gasteiger partial charge in [-0.3, -0.25) is 5.32 Å². The first kappa shape index (κ1) is 16.7. The number of aromatic amines is 1. The van der Waals surface area contributed by atoms with E-state index in [-0.39, 0.29) is 12.1 Å². The zero-order valence-corrected chi connectivity index (χ0v) is 14.8. The fourth-order valence-electron chi connectivity index (χ4n) is 2.72. The molecule has 0 aliphatic heterocycles. The summed E-state index contributed by atoms with van der Waals surface area (Å²) in [5.41, 5.74) is 2.98. The molecule has 0 saturated carbocycles. The zero-order valence-electron chi connectivity index (χ0n) is 14.8. The molecule has 0 spiro atoms. The normalized spacial score (nSPS) is 11.1. The second-order valence-electron chi connectivity index (χ2n) is 6.28. The average molecular weight is 362 g/mol. The van der Waals surface area contributed by atoms with Crippen molar-refractivity contribution in [1.82, 2.24) is 29.7 Å². The molecule has 9 heteroatoms. The molecule has 0 bridgehead atoms. The lowest BCUT2D eigenvalue weighted by molar-refractivity contribution is 0.262. The summed E-state index contributed by atoms with van der Waals surface area (Å²) in [6, 6.07) is 10.6. The molecule has 4 aromatic rings. The summed E-state index contributed by atoms with van der Waals surface area (Å²) in [7, 11) is 0. The van der Waals surface area contributed by atoms with Crippen LogP contribution in [0, 0.1) is 0 Å². The molecule has 3 heterocycles. The maximum atomic E-state index is 12.3.